The van der Waals surface area contributed by atoms with E-state index in [4.69, 9.17) is 21.1 Å². The van der Waals surface area contributed by atoms with Crippen molar-refractivity contribution < 1.29 is 14.4 Å². The van der Waals surface area contributed by atoms with E-state index in [9.17, 15) is 10.1 Å². The summed E-state index contributed by atoms with van der Waals surface area (Å²) < 4.78 is 10.9. The summed E-state index contributed by atoms with van der Waals surface area (Å²) in [5.74, 6) is 1.78. The van der Waals surface area contributed by atoms with Crippen molar-refractivity contribution in [2.75, 3.05) is 25.7 Å². The number of methoxy groups -OCH3 is 2. The van der Waals surface area contributed by atoms with Gasteiger partial charge in [0.1, 0.15) is 0 Å². The van der Waals surface area contributed by atoms with Crippen molar-refractivity contribution >= 4 is 23.0 Å². The third-order valence-corrected chi connectivity index (χ3v) is 6.17. The number of ether oxygens (including phenoxy) is 2. The van der Waals surface area contributed by atoms with E-state index in [0.29, 0.717) is 11.7 Å². The number of halogens is 1. The van der Waals surface area contributed by atoms with Gasteiger partial charge in [-0.25, -0.2) is 0 Å². The number of fused-ring (bicyclic) bond motifs is 4. The fraction of sp³-hybridized carbons (Fsp3) is 0.400. The molecule has 2 aliphatic rings. The molecular weight excluding hydrogens is 368 g/mol. The van der Waals surface area contributed by atoms with Gasteiger partial charge in [0.15, 0.2) is 11.5 Å². The number of nitro benzene ring substituents is 1. The molecule has 0 unspecified atom stereocenters. The first-order valence-corrected chi connectivity index (χ1v) is 9.35. The lowest BCUT2D eigenvalue weighted by molar-refractivity contribution is -0.384. The number of anilines is 1. The number of rotatable bonds is 4. The average Bonchev–Trinajstić information content (AvgIpc) is 2.69. The maximum Gasteiger partial charge on any atom is 0.269 e. The summed E-state index contributed by atoms with van der Waals surface area (Å²) in [5, 5.41) is 11.0. The third kappa shape index (κ3) is 3.08. The standard InChI is InChI=1S/C20H21ClN2O4/c1-26-19-8-13-7-14-11-22(18(13)10-20(19)27-2)17(9-16(14)21)12-3-5-15(6-4-12)23(24)25/h3-6,8,10,14,16-17H,7,9,11H2,1-2H3/t14-,16+,17+/m0/s1. The number of nitrogens with zero attached hydrogens (tertiary/aromatic N) is 2. The van der Waals surface area contributed by atoms with Gasteiger partial charge in [0.2, 0.25) is 0 Å². The molecule has 0 radical (unpaired) electrons. The summed E-state index contributed by atoms with van der Waals surface area (Å²) in [4.78, 5) is 12.9. The van der Waals surface area contributed by atoms with E-state index in [2.05, 4.69) is 4.90 Å². The van der Waals surface area contributed by atoms with E-state index in [-0.39, 0.29) is 22.0 Å². The van der Waals surface area contributed by atoms with Gasteiger partial charge < -0.3 is 14.4 Å². The second-order valence-corrected chi connectivity index (χ2v) is 7.63. The monoisotopic (exact) mass is 388 g/mol. The molecule has 6 nitrogen and oxygen atoms in total. The van der Waals surface area contributed by atoms with Crippen LogP contribution in [0.4, 0.5) is 11.4 Å². The zero-order chi connectivity index (χ0) is 19.1. The van der Waals surface area contributed by atoms with Gasteiger partial charge in [-0.3, -0.25) is 10.1 Å². The highest BCUT2D eigenvalue weighted by molar-refractivity contribution is 6.21. The highest BCUT2D eigenvalue weighted by Gasteiger charge is 2.40. The number of alkyl halides is 1. The van der Waals surface area contributed by atoms with Crippen LogP contribution >= 0.6 is 11.6 Å². The van der Waals surface area contributed by atoms with E-state index in [0.717, 1.165) is 36.4 Å². The minimum Gasteiger partial charge on any atom is -0.493 e. The van der Waals surface area contributed by atoms with Crippen molar-refractivity contribution in [2.24, 2.45) is 5.92 Å². The molecule has 2 aliphatic heterocycles. The lowest BCUT2D eigenvalue weighted by atomic mass is 9.80. The summed E-state index contributed by atoms with van der Waals surface area (Å²) in [6.45, 7) is 0.859. The number of piperidine rings is 1. The van der Waals surface area contributed by atoms with Crippen LogP contribution in [0.2, 0.25) is 0 Å². The Kier molecular flexibility index (Phi) is 4.60. The van der Waals surface area contributed by atoms with Gasteiger partial charge in [0.05, 0.1) is 25.2 Å². The normalized spacial score (nSPS) is 23.5. The Balaban J connectivity index is 1.76. The van der Waals surface area contributed by atoms with Gasteiger partial charge in [-0.15, -0.1) is 11.6 Å². The first kappa shape index (κ1) is 17.9. The minimum absolute atomic E-state index is 0.0580. The molecule has 0 spiro atoms. The molecule has 0 saturated carbocycles. The van der Waals surface area contributed by atoms with E-state index < -0.39 is 0 Å². The van der Waals surface area contributed by atoms with Gasteiger partial charge in [0, 0.05) is 35.8 Å². The van der Waals surface area contributed by atoms with Crippen LogP contribution in [-0.2, 0) is 6.42 Å². The predicted molar refractivity (Wildman–Crippen MR) is 104 cm³/mol. The number of hydrogen-bond donors (Lipinski definition) is 0. The molecule has 2 aromatic carbocycles. The Morgan fingerprint density at radius 3 is 2.44 bits per heavy atom. The molecule has 1 fully saturated rings. The van der Waals surface area contributed by atoms with E-state index in [1.54, 1.807) is 26.4 Å². The molecule has 2 bridgehead atoms. The fourth-order valence-electron chi connectivity index (χ4n) is 4.24. The highest BCUT2D eigenvalue weighted by Crippen LogP contribution is 2.48. The average molecular weight is 389 g/mol. The van der Waals surface area contributed by atoms with E-state index >= 15 is 0 Å². The predicted octanol–water partition coefficient (Wildman–Crippen LogP) is 4.34. The number of benzene rings is 2. The first-order chi connectivity index (χ1) is 13.0. The Hall–Kier alpha value is -2.47. The van der Waals surface area contributed by atoms with Crippen LogP contribution in [0.5, 0.6) is 11.5 Å². The van der Waals surface area contributed by atoms with Crippen molar-refractivity contribution in [3.63, 3.8) is 0 Å². The maximum atomic E-state index is 11.0. The lowest BCUT2D eigenvalue weighted by Crippen LogP contribution is -2.47. The van der Waals surface area contributed by atoms with Crippen LogP contribution in [0.25, 0.3) is 0 Å². The third-order valence-electron chi connectivity index (χ3n) is 5.63. The second-order valence-electron chi connectivity index (χ2n) is 7.07. The van der Waals surface area contributed by atoms with Crippen LogP contribution < -0.4 is 14.4 Å². The SMILES string of the molecule is COc1cc2c(cc1OC)N1C[C@H](C2)[C@H](Cl)C[C@@H]1c1ccc([N+](=O)[O-])cc1. The highest BCUT2D eigenvalue weighted by atomic mass is 35.5. The summed E-state index contributed by atoms with van der Waals surface area (Å²) in [5.41, 5.74) is 3.45. The van der Waals surface area contributed by atoms with Crippen LogP contribution in [0.15, 0.2) is 36.4 Å². The molecule has 4 rings (SSSR count). The molecule has 1 saturated heterocycles. The van der Waals surface area contributed by atoms with Crippen LogP contribution in [-0.4, -0.2) is 31.1 Å². The molecule has 142 valence electrons. The summed E-state index contributed by atoms with van der Waals surface area (Å²) >= 11 is 6.72. The van der Waals surface area contributed by atoms with E-state index in [1.165, 1.54) is 5.56 Å². The first-order valence-electron chi connectivity index (χ1n) is 8.91. The molecule has 27 heavy (non-hydrogen) atoms. The van der Waals surface area contributed by atoms with Crippen molar-refractivity contribution in [1.82, 2.24) is 0 Å². The Bertz CT molecular complexity index is 871. The Morgan fingerprint density at radius 2 is 1.81 bits per heavy atom. The smallest absolute Gasteiger partial charge is 0.269 e. The Morgan fingerprint density at radius 1 is 1.15 bits per heavy atom. The molecule has 3 atom stereocenters. The topological polar surface area (TPSA) is 64.8 Å². The fourth-order valence-corrected chi connectivity index (χ4v) is 4.58. The zero-order valence-electron chi connectivity index (χ0n) is 15.2. The number of nitro groups is 1. The molecule has 0 amide bonds. The van der Waals surface area contributed by atoms with Crippen molar-refractivity contribution in [3.8, 4) is 11.5 Å². The van der Waals surface area contributed by atoms with Gasteiger partial charge in [-0.2, -0.15) is 0 Å². The lowest BCUT2D eigenvalue weighted by Gasteiger charge is -2.48. The largest absolute Gasteiger partial charge is 0.493 e. The molecular formula is C20H21ClN2O4. The van der Waals surface area contributed by atoms with Crippen LogP contribution in [0.1, 0.15) is 23.6 Å². The molecule has 7 heteroatoms. The second kappa shape index (κ2) is 6.93. The van der Waals surface area contributed by atoms with Gasteiger partial charge >= 0.3 is 0 Å². The van der Waals surface area contributed by atoms with E-state index in [1.807, 2.05) is 24.3 Å². The van der Waals surface area contributed by atoms with Crippen molar-refractivity contribution in [1.29, 1.82) is 0 Å². The molecule has 0 aliphatic carbocycles. The van der Waals surface area contributed by atoms with Crippen LogP contribution in [0.3, 0.4) is 0 Å². The van der Waals surface area contributed by atoms with Gasteiger partial charge in [-0.05, 0) is 36.0 Å². The van der Waals surface area contributed by atoms with Crippen LogP contribution in [0, 0.1) is 16.0 Å². The molecule has 2 heterocycles. The summed E-state index contributed by atoms with van der Waals surface area (Å²) in [7, 11) is 3.27. The van der Waals surface area contributed by atoms with Crippen molar-refractivity contribution in [2.45, 2.75) is 24.3 Å². The zero-order valence-corrected chi connectivity index (χ0v) is 16.0. The quantitative estimate of drug-likeness (QED) is 0.442. The molecule has 0 aromatic heterocycles. The summed E-state index contributed by atoms with van der Waals surface area (Å²) in [6.07, 6.45) is 1.71. The minimum atomic E-state index is -0.377. The van der Waals surface area contributed by atoms with Gasteiger partial charge in [-0.1, -0.05) is 12.1 Å². The Labute approximate surface area is 162 Å². The number of non-ortho nitro benzene ring substituents is 1. The van der Waals surface area contributed by atoms with Gasteiger partial charge in [0.25, 0.3) is 5.69 Å². The summed E-state index contributed by atoms with van der Waals surface area (Å²) in [6, 6.07) is 10.9. The number of hydrogen-bond acceptors (Lipinski definition) is 5. The van der Waals surface area contributed by atoms with Crippen molar-refractivity contribution in [3.05, 3.63) is 57.6 Å². The molecule has 0 N–H and O–H groups in total. The maximum absolute atomic E-state index is 11.0. The molecule has 2 aromatic rings.